The smallest absolute Gasteiger partial charge is 0.125 e. The van der Waals surface area contributed by atoms with E-state index in [1.165, 1.54) is 0 Å². The number of rotatable bonds is 1. The summed E-state index contributed by atoms with van der Waals surface area (Å²) in [5, 5.41) is 0. The Balaban J connectivity index is 2.62. The molecule has 1 heterocycles. The van der Waals surface area contributed by atoms with E-state index < -0.39 is 0 Å². The van der Waals surface area contributed by atoms with Crippen LogP contribution in [0.3, 0.4) is 0 Å². The van der Waals surface area contributed by atoms with Crippen LogP contribution in [0.1, 0.15) is 5.56 Å². The lowest BCUT2D eigenvalue weighted by Crippen LogP contribution is -2.12. The largest absolute Gasteiger partial charge is 0.384 e. The maximum atomic E-state index is 5.69. The van der Waals surface area contributed by atoms with Crippen LogP contribution >= 0.6 is 0 Å². The second-order valence-corrected chi connectivity index (χ2v) is 2.87. The van der Waals surface area contributed by atoms with Crippen molar-refractivity contribution in [3.63, 3.8) is 0 Å². The highest BCUT2D eigenvalue weighted by Gasteiger charge is 2.00. The molecule has 0 unspecified atom stereocenters. The average Bonchev–Trinajstić information content (AvgIpc) is 2.27. The molecule has 0 aliphatic carbocycles. The lowest BCUT2D eigenvalue weighted by molar-refractivity contribution is 1.29. The zero-order valence-electron chi connectivity index (χ0n) is 7.81. The summed E-state index contributed by atoms with van der Waals surface area (Å²) in [4.78, 5) is 12.3. The van der Waals surface area contributed by atoms with Gasteiger partial charge in [-0.25, -0.2) is 0 Å². The van der Waals surface area contributed by atoms with Gasteiger partial charge in [0.15, 0.2) is 0 Å². The van der Waals surface area contributed by atoms with E-state index in [0.717, 1.165) is 16.6 Å². The fourth-order valence-electron chi connectivity index (χ4n) is 1.25. The third kappa shape index (κ3) is 1.42. The number of hydrogen-bond donors (Lipinski definition) is 1. The van der Waals surface area contributed by atoms with Gasteiger partial charge >= 0.3 is 0 Å². The summed E-state index contributed by atoms with van der Waals surface area (Å²) in [6.07, 6.45) is 3.32. The van der Waals surface area contributed by atoms with Crippen molar-refractivity contribution in [3.05, 3.63) is 36.2 Å². The van der Waals surface area contributed by atoms with E-state index in [1.54, 1.807) is 19.4 Å². The van der Waals surface area contributed by atoms with Gasteiger partial charge in [0.25, 0.3) is 0 Å². The summed E-state index contributed by atoms with van der Waals surface area (Å²) in [5.41, 5.74) is 8.25. The van der Waals surface area contributed by atoms with E-state index >= 15 is 0 Å². The van der Waals surface area contributed by atoms with Gasteiger partial charge in [-0.2, -0.15) is 0 Å². The number of benzene rings is 1. The minimum atomic E-state index is 0.512. The normalized spacial score (nSPS) is 11.9. The first-order valence-electron chi connectivity index (χ1n) is 4.24. The van der Waals surface area contributed by atoms with Gasteiger partial charge in [-0.3, -0.25) is 15.0 Å². The zero-order valence-corrected chi connectivity index (χ0v) is 7.81. The maximum Gasteiger partial charge on any atom is 0.125 e. The molecule has 0 atom stereocenters. The van der Waals surface area contributed by atoms with E-state index in [2.05, 4.69) is 15.0 Å². The predicted molar refractivity (Wildman–Crippen MR) is 56.2 cm³/mol. The molecule has 0 spiro atoms. The Morgan fingerprint density at radius 3 is 2.64 bits per heavy atom. The van der Waals surface area contributed by atoms with Crippen LogP contribution < -0.4 is 5.73 Å². The van der Waals surface area contributed by atoms with Crippen LogP contribution in [0, 0.1) is 0 Å². The molecule has 0 saturated heterocycles. The quantitative estimate of drug-likeness (QED) is 0.533. The highest BCUT2D eigenvalue weighted by atomic mass is 14.8. The monoisotopic (exact) mass is 186 g/mol. The average molecular weight is 186 g/mol. The Morgan fingerprint density at radius 1 is 1.21 bits per heavy atom. The Morgan fingerprint density at radius 2 is 1.93 bits per heavy atom. The summed E-state index contributed by atoms with van der Waals surface area (Å²) in [7, 11) is 1.66. The molecule has 0 radical (unpaired) electrons. The minimum absolute atomic E-state index is 0.512. The molecule has 2 rings (SSSR count). The van der Waals surface area contributed by atoms with Crippen molar-refractivity contribution in [2.45, 2.75) is 0 Å². The third-order valence-corrected chi connectivity index (χ3v) is 2.01. The van der Waals surface area contributed by atoms with Crippen LogP contribution in [0.25, 0.3) is 11.0 Å². The molecule has 0 aliphatic heterocycles. The number of hydrogen-bond acceptors (Lipinski definition) is 3. The Bertz CT molecular complexity index is 490. The van der Waals surface area contributed by atoms with Gasteiger partial charge in [-0.15, -0.1) is 0 Å². The summed E-state index contributed by atoms with van der Waals surface area (Å²) in [6.45, 7) is 0. The van der Waals surface area contributed by atoms with Gasteiger partial charge < -0.3 is 5.73 Å². The van der Waals surface area contributed by atoms with E-state index in [9.17, 15) is 0 Å². The molecule has 0 saturated carbocycles. The number of amidine groups is 1. The highest BCUT2D eigenvalue weighted by Crippen LogP contribution is 2.10. The van der Waals surface area contributed by atoms with E-state index in [4.69, 9.17) is 5.73 Å². The van der Waals surface area contributed by atoms with Gasteiger partial charge in [-0.05, 0) is 18.2 Å². The van der Waals surface area contributed by atoms with Crippen LogP contribution in [0.15, 0.2) is 35.6 Å². The van der Waals surface area contributed by atoms with Crippen molar-refractivity contribution < 1.29 is 0 Å². The number of aromatic nitrogens is 2. The SMILES string of the molecule is CN=C(N)c1ccc2nccnc2c1. The van der Waals surface area contributed by atoms with Crippen LogP contribution in [-0.2, 0) is 0 Å². The van der Waals surface area contributed by atoms with E-state index in [0.29, 0.717) is 5.84 Å². The second kappa shape index (κ2) is 3.41. The highest BCUT2D eigenvalue weighted by molar-refractivity contribution is 5.99. The fraction of sp³-hybridized carbons (Fsp3) is 0.100. The molecule has 0 amide bonds. The minimum Gasteiger partial charge on any atom is -0.384 e. The number of fused-ring (bicyclic) bond motifs is 1. The first-order valence-corrected chi connectivity index (χ1v) is 4.24. The van der Waals surface area contributed by atoms with Gasteiger partial charge in [0.1, 0.15) is 5.84 Å². The molecule has 2 aromatic rings. The topological polar surface area (TPSA) is 64.2 Å². The third-order valence-electron chi connectivity index (χ3n) is 2.01. The standard InChI is InChI=1S/C10H10N4/c1-12-10(11)7-2-3-8-9(6-7)14-5-4-13-8/h2-6H,1H3,(H2,11,12). The molecular formula is C10H10N4. The lowest BCUT2D eigenvalue weighted by atomic mass is 10.2. The molecule has 1 aromatic heterocycles. The molecule has 1 aromatic carbocycles. The summed E-state index contributed by atoms with van der Waals surface area (Å²) < 4.78 is 0. The Labute approximate surface area is 81.5 Å². The predicted octanol–water partition coefficient (Wildman–Crippen LogP) is 0.965. The molecular weight excluding hydrogens is 176 g/mol. The second-order valence-electron chi connectivity index (χ2n) is 2.87. The molecule has 0 fully saturated rings. The van der Waals surface area contributed by atoms with Gasteiger partial charge in [0.2, 0.25) is 0 Å². The first-order chi connectivity index (χ1) is 6.81. The van der Waals surface area contributed by atoms with E-state index in [-0.39, 0.29) is 0 Å². The number of nitrogens with two attached hydrogens (primary N) is 1. The van der Waals surface area contributed by atoms with Crippen molar-refractivity contribution in [1.29, 1.82) is 0 Å². The zero-order chi connectivity index (χ0) is 9.97. The number of nitrogens with zero attached hydrogens (tertiary/aromatic N) is 3. The molecule has 0 bridgehead atoms. The molecule has 14 heavy (non-hydrogen) atoms. The van der Waals surface area contributed by atoms with Crippen LogP contribution in [0.2, 0.25) is 0 Å². The Hall–Kier alpha value is -1.97. The van der Waals surface area contributed by atoms with Crippen molar-refractivity contribution in [2.75, 3.05) is 7.05 Å². The van der Waals surface area contributed by atoms with Gasteiger partial charge in [0, 0.05) is 25.0 Å². The molecule has 4 heteroatoms. The van der Waals surface area contributed by atoms with Crippen molar-refractivity contribution in [2.24, 2.45) is 10.7 Å². The molecule has 0 aliphatic rings. The first kappa shape index (κ1) is 8.62. The van der Waals surface area contributed by atoms with Crippen molar-refractivity contribution in [1.82, 2.24) is 9.97 Å². The summed E-state index contributed by atoms with van der Waals surface area (Å²) in [5.74, 6) is 0.512. The summed E-state index contributed by atoms with van der Waals surface area (Å²) >= 11 is 0. The van der Waals surface area contributed by atoms with Crippen LogP contribution in [-0.4, -0.2) is 22.9 Å². The maximum absolute atomic E-state index is 5.69. The lowest BCUT2D eigenvalue weighted by Gasteiger charge is -2.00. The molecule has 70 valence electrons. The van der Waals surface area contributed by atoms with Crippen LogP contribution in [0.4, 0.5) is 0 Å². The van der Waals surface area contributed by atoms with Gasteiger partial charge in [-0.1, -0.05) is 0 Å². The Kier molecular flexibility index (Phi) is 2.10. The molecule has 4 nitrogen and oxygen atoms in total. The molecule has 2 N–H and O–H groups in total. The van der Waals surface area contributed by atoms with Gasteiger partial charge in [0.05, 0.1) is 11.0 Å². The van der Waals surface area contributed by atoms with Crippen molar-refractivity contribution in [3.8, 4) is 0 Å². The fourth-order valence-corrected chi connectivity index (χ4v) is 1.25. The van der Waals surface area contributed by atoms with Crippen molar-refractivity contribution >= 4 is 16.9 Å². The van der Waals surface area contributed by atoms with E-state index in [1.807, 2.05) is 18.2 Å². The number of aliphatic imine (C=N–C) groups is 1. The summed E-state index contributed by atoms with van der Waals surface area (Å²) in [6, 6.07) is 5.65. The van der Waals surface area contributed by atoms with Crippen LogP contribution in [0.5, 0.6) is 0 Å².